The molecular weight excluding hydrogens is 230 g/mol. The molecule has 1 atom stereocenters. The van der Waals surface area contributed by atoms with Gasteiger partial charge in [-0.05, 0) is 19.1 Å². The van der Waals surface area contributed by atoms with Gasteiger partial charge < -0.3 is 10.2 Å². The molecule has 1 aliphatic rings. The Bertz CT molecular complexity index is 470. The fourth-order valence-electron chi connectivity index (χ4n) is 1.72. The van der Waals surface area contributed by atoms with E-state index in [1.54, 1.807) is 0 Å². The molecule has 0 saturated carbocycles. The van der Waals surface area contributed by atoms with Crippen LogP contribution in [0.15, 0.2) is 18.2 Å². The Hall–Kier alpha value is -1.98. The SMILES string of the molecule is CC1NC(=O)CN(c2cc(F)cc(F)c2)C1=O. The van der Waals surface area contributed by atoms with Crippen molar-refractivity contribution in [2.75, 3.05) is 11.4 Å². The number of nitrogens with one attached hydrogen (secondary N) is 1. The minimum Gasteiger partial charge on any atom is -0.343 e. The molecule has 1 aromatic carbocycles. The molecule has 0 bridgehead atoms. The van der Waals surface area contributed by atoms with Crippen LogP contribution in [0.1, 0.15) is 6.92 Å². The summed E-state index contributed by atoms with van der Waals surface area (Å²) in [6.07, 6.45) is 0. The zero-order valence-electron chi connectivity index (χ0n) is 9.04. The summed E-state index contributed by atoms with van der Waals surface area (Å²) in [5.41, 5.74) is 0.0502. The van der Waals surface area contributed by atoms with Crippen LogP contribution in [0.25, 0.3) is 0 Å². The van der Waals surface area contributed by atoms with Crippen LogP contribution >= 0.6 is 0 Å². The number of anilines is 1. The van der Waals surface area contributed by atoms with Gasteiger partial charge in [0.25, 0.3) is 0 Å². The van der Waals surface area contributed by atoms with Crippen molar-refractivity contribution in [3.05, 3.63) is 29.8 Å². The number of nitrogens with zero attached hydrogens (tertiary/aromatic N) is 1. The van der Waals surface area contributed by atoms with Gasteiger partial charge in [0.15, 0.2) is 0 Å². The Balaban J connectivity index is 2.37. The molecule has 6 heteroatoms. The Morgan fingerprint density at radius 1 is 1.24 bits per heavy atom. The predicted octanol–water partition coefficient (Wildman–Crippen LogP) is 0.816. The van der Waals surface area contributed by atoms with Gasteiger partial charge in [-0.3, -0.25) is 9.59 Å². The number of carbonyl (C=O) groups is 2. The second kappa shape index (κ2) is 4.12. The van der Waals surface area contributed by atoms with E-state index in [0.29, 0.717) is 6.07 Å². The first-order valence-corrected chi connectivity index (χ1v) is 5.04. The van der Waals surface area contributed by atoms with Gasteiger partial charge in [0, 0.05) is 6.07 Å². The number of piperazine rings is 1. The zero-order chi connectivity index (χ0) is 12.6. The first kappa shape index (κ1) is 11.5. The van der Waals surface area contributed by atoms with E-state index < -0.39 is 23.6 Å². The van der Waals surface area contributed by atoms with Crippen LogP contribution in [0.5, 0.6) is 0 Å². The van der Waals surface area contributed by atoms with Crippen LogP contribution in [0, 0.1) is 11.6 Å². The van der Waals surface area contributed by atoms with E-state index in [0.717, 1.165) is 17.0 Å². The Kier molecular flexibility index (Phi) is 2.79. The Labute approximate surface area is 96.2 Å². The molecule has 0 aromatic heterocycles. The van der Waals surface area contributed by atoms with Gasteiger partial charge in [0.05, 0.1) is 5.69 Å². The molecule has 90 valence electrons. The monoisotopic (exact) mass is 240 g/mol. The van der Waals surface area contributed by atoms with Crippen molar-refractivity contribution in [2.24, 2.45) is 0 Å². The van der Waals surface area contributed by atoms with Crippen LogP contribution in [0.3, 0.4) is 0 Å². The van der Waals surface area contributed by atoms with E-state index in [9.17, 15) is 18.4 Å². The molecule has 1 fully saturated rings. The highest BCUT2D eigenvalue weighted by atomic mass is 19.1. The van der Waals surface area contributed by atoms with Crippen LogP contribution in [0.2, 0.25) is 0 Å². The third-order valence-electron chi connectivity index (χ3n) is 2.47. The van der Waals surface area contributed by atoms with Gasteiger partial charge in [0.2, 0.25) is 11.8 Å². The van der Waals surface area contributed by atoms with Crippen molar-refractivity contribution in [2.45, 2.75) is 13.0 Å². The minimum atomic E-state index is -0.786. The van der Waals surface area contributed by atoms with Crippen LogP contribution in [-0.4, -0.2) is 24.4 Å². The molecule has 0 spiro atoms. The lowest BCUT2D eigenvalue weighted by Crippen LogP contribution is -2.57. The van der Waals surface area contributed by atoms with Gasteiger partial charge in [-0.15, -0.1) is 0 Å². The molecule has 1 aromatic rings. The van der Waals surface area contributed by atoms with Gasteiger partial charge in [-0.2, -0.15) is 0 Å². The Morgan fingerprint density at radius 3 is 2.41 bits per heavy atom. The Morgan fingerprint density at radius 2 is 1.82 bits per heavy atom. The van der Waals surface area contributed by atoms with Crippen molar-refractivity contribution in [1.29, 1.82) is 0 Å². The number of amides is 2. The van der Waals surface area contributed by atoms with E-state index in [1.807, 2.05) is 0 Å². The second-order valence-corrected chi connectivity index (χ2v) is 3.84. The number of hydrogen-bond donors (Lipinski definition) is 1. The summed E-state index contributed by atoms with van der Waals surface area (Å²) in [6.45, 7) is 1.29. The average molecular weight is 240 g/mol. The van der Waals surface area contributed by atoms with E-state index in [-0.39, 0.29) is 18.1 Å². The highest BCUT2D eigenvalue weighted by Crippen LogP contribution is 2.20. The fourth-order valence-corrected chi connectivity index (χ4v) is 1.72. The van der Waals surface area contributed by atoms with Crippen LogP contribution in [-0.2, 0) is 9.59 Å². The van der Waals surface area contributed by atoms with Crippen molar-refractivity contribution in [3.8, 4) is 0 Å². The predicted molar refractivity (Wildman–Crippen MR) is 56.3 cm³/mol. The second-order valence-electron chi connectivity index (χ2n) is 3.84. The molecule has 1 heterocycles. The quantitative estimate of drug-likeness (QED) is 0.790. The minimum absolute atomic E-state index is 0.0502. The highest BCUT2D eigenvalue weighted by Gasteiger charge is 2.30. The summed E-state index contributed by atoms with van der Waals surface area (Å²) in [5.74, 6) is -2.32. The van der Waals surface area contributed by atoms with E-state index in [4.69, 9.17) is 0 Å². The molecule has 17 heavy (non-hydrogen) atoms. The van der Waals surface area contributed by atoms with Crippen molar-refractivity contribution >= 4 is 17.5 Å². The van der Waals surface area contributed by atoms with Gasteiger partial charge >= 0.3 is 0 Å². The summed E-state index contributed by atoms with van der Waals surface area (Å²) in [5, 5.41) is 2.44. The summed E-state index contributed by atoms with van der Waals surface area (Å²) in [7, 11) is 0. The first-order chi connectivity index (χ1) is 7.97. The molecule has 1 unspecified atom stereocenters. The molecule has 1 N–H and O–H groups in total. The standard InChI is InChI=1S/C11H10F2N2O2/c1-6-11(17)15(5-10(16)14-6)9-3-7(12)2-8(13)4-9/h2-4,6H,5H2,1H3,(H,14,16). The first-order valence-electron chi connectivity index (χ1n) is 5.04. The molecule has 2 rings (SSSR count). The maximum absolute atomic E-state index is 13.0. The highest BCUT2D eigenvalue weighted by molar-refractivity contribution is 6.06. The van der Waals surface area contributed by atoms with Crippen molar-refractivity contribution in [3.63, 3.8) is 0 Å². The number of benzene rings is 1. The lowest BCUT2D eigenvalue weighted by molar-refractivity contribution is -0.130. The topological polar surface area (TPSA) is 49.4 Å². The van der Waals surface area contributed by atoms with Crippen LogP contribution in [0.4, 0.5) is 14.5 Å². The molecule has 1 saturated heterocycles. The number of rotatable bonds is 1. The van der Waals surface area contributed by atoms with E-state index in [1.165, 1.54) is 6.92 Å². The van der Waals surface area contributed by atoms with Crippen LogP contribution < -0.4 is 10.2 Å². The molecule has 0 aliphatic carbocycles. The molecular formula is C11H10F2N2O2. The number of halogens is 2. The van der Waals surface area contributed by atoms with Gasteiger partial charge in [0.1, 0.15) is 24.2 Å². The maximum atomic E-state index is 13.0. The van der Waals surface area contributed by atoms with Gasteiger partial charge in [-0.25, -0.2) is 8.78 Å². The average Bonchev–Trinajstić information content (AvgIpc) is 2.22. The third kappa shape index (κ3) is 2.25. The maximum Gasteiger partial charge on any atom is 0.249 e. The molecule has 0 radical (unpaired) electrons. The van der Waals surface area contributed by atoms with Crippen molar-refractivity contribution in [1.82, 2.24) is 5.32 Å². The van der Waals surface area contributed by atoms with Crippen molar-refractivity contribution < 1.29 is 18.4 Å². The number of hydrogen-bond acceptors (Lipinski definition) is 2. The summed E-state index contributed by atoms with van der Waals surface area (Å²) in [6, 6.07) is 2.06. The number of carbonyl (C=O) groups excluding carboxylic acids is 2. The van der Waals surface area contributed by atoms with Gasteiger partial charge in [-0.1, -0.05) is 0 Å². The molecule has 4 nitrogen and oxygen atoms in total. The lowest BCUT2D eigenvalue weighted by Gasteiger charge is -2.30. The third-order valence-corrected chi connectivity index (χ3v) is 2.47. The fraction of sp³-hybridized carbons (Fsp3) is 0.273. The van der Waals surface area contributed by atoms with E-state index in [2.05, 4.69) is 5.32 Å². The lowest BCUT2D eigenvalue weighted by atomic mass is 10.2. The molecule has 1 aliphatic heterocycles. The zero-order valence-corrected chi connectivity index (χ0v) is 9.04. The largest absolute Gasteiger partial charge is 0.343 e. The summed E-state index contributed by atoms with van der Waals surface area (Å²) >= 11 is 0. The normalized spacial score (nSPS) is 20.4. The summed E-state index contributed by atoms with van der Waals surface area (Å²) < 4.78 is 26.1. The smallest absolute Gasteiger partial charge is 0.249 e. The molecule has 2 amide bonds. The summed E-state index contributed by atoms with van der Waals surface area (Å²) in [4.78, 5) is 24.1. The van der Waals surface area contributed by atoms with E-state index >= 15 is 0 Å².